The van der Waals surface area contributed by atoms with Gasteiger partial charge in [0.05, 0.1) is 14.2 Å². The molecule has 0 aliphatic heterocycles. The second kappa shape index (κ2) is 6.77. The first kappa shape index (κ1) is 15.8. The zero-order valence-corrected chi connectivity index (χ0v) is 12.6. The van der Waals surface area contributed by atoms with E-state index in [1.54, 1.807) is 12.1 Å². The summed E-state index contributed by atoms with van der Waals surface area (Å²) in [6.07, 6.45) is 1.49. The summed E-state index contributed by atoms with van der Waals surface area (Å²) in [6.45, 7) is 3.89. The zero-order chi connectivity index (χ0) is 14.5. The largest absolute Gasteiger partial charge is 0.497 e. The molecule has 1 aromatic rings. The Morgan fingerprint density at radius 3 is 2.26 bits per heavy atom. The molecule has 1 rings (SSSR count). The van der Waals surface area contributed by atoms with Crippen LogP contribution in [0.1, 0.15) is 26.7 Å². The van der Waals surface area contributed by atoms with Crippen molar-refractivity contribution in [2.45, 2.75) is 37.6 Å². The fourth-order valence-corrected chi connectivity index (χ4v) is 3.29. The first-order valence-electron chi connectivity index (χ1n) is 6.22. The van der Waals surface area contributed by atoms with E-state index < -0.39 is 10.0 Å². The number of methoxy groups -OCH3 is 2. The van der Waals surface area contributed by atoms with Crippen LogP contribution >= 0.6 is 0 Å². The quantitative estimate of drug-likeness (QED) is 0.834. The Morgan fingerprint density at radius 1 is 1.16 bits per heavy atom. The van der Waals surface area contributed by atoms with E-state index in [1.807, 2.05) is 13.8 Å². The smallest absolute Gasteiger partial charge is 0.244 e. The van der Waals surface area contributed by atoms with Gasteiger partial charge in [-0.25, -0.2) is 13.1 Å². The molecule has 0 fully saturated rings. The van der Waals surface area contributed by atoms with Crippen LogP contribution in [0, 0.1) is 0 Å². The van der Waals surface area contributed by atoms with Crippen molar-refractivity contribution in [3.05, 3.63) is 18.2 Å². The molecule has 0 atom stereocenters. The molecule has 19 heavy (non-hydrogen) atoms. The van der Waals surface area contributed by atoms with Gasteiger partial charge in [0.2, 0.25) is 10.0 Å². The van der Waals surface area contributed by atoms with Crippen molar-refractivity contribution in [2.75, 3.05) is 14.2 Å². The first-order valence-corrected chi connectivity index (χ1v) is 7.71. The van der Waals surface area contributed by atoms with Gasteiger partial charge in [0.1, 0.15) is 16.4 Å². The fourth-order valence-electron chi connectivity index (χ4n) is 1.74. The Balaban J connectivity index is 3.13. The third-order valence-corrected chi connectivity index (χ3v) is 4.53. The molecule has 0 saturated carbocycles. The molecule has 0 radical (unpaired) electrons. The molecule has 1 aromatic carbocycles. The van der Waals surface area contributed by atoms with Crippen molar-refractivity contribution in [1.82, 2.24) is 4.72 Å². The summed E-state index contributed by atoms with van der Waals surface area (Å²) < 4.78 is 37.5. The maximum absolute atomic E-state index is 12.3. The number of benzene rings is 1. The summed E-state index contributed by atoms with van der Waals surface area (Å²) in [6, 6.07) is 4.57. The molecule has 0 aromatic heterocycles. The summed E-state index contributed by atoms with van der Waals surface area (Å²) in [5.41, 5.74) is 0. The molecule has 0 heterocycles. The highest BCUT2D eigenvalue weighted by Crippen LogP contribution is 2.28. The van der Waals surface area contributed by atoms with Gasteiger partial charge in [-0.15, -0.1) is 0 Å². The van der Waals surface area contributed by atoms with Crippen LogP contribution in [0.5, 0.6) is 11.5 Å². The standard InChI is InChI=1S/C13H21NO4S/c1-5-10(6-2)14-19(15,16)13-8-7-11(17-3)9-12(13)18-4/h7-10,14H,5-6H2,1-4H3. The molecular formula is C13H21NO4S. The van der Waals surface area contributed by atoms with E-state index in [2.05, 4.69) is 4.72 Å². The van der Waals surface area contributed by atoms with Gasteiger partial charge >= 0.3 is 0 Å². The normalized spacial score (nSPS) is 11.6. The number of nitrogens with one attached hydrogen (secondary N) is 1. The summed E-state index contributed by atoms with van der Waals surface area (Å²) in [4.78, 5) is 0.128. The van der Waals surface area contributed by atoms with E-state index in [4.69, 9.17) is 9.47 Å². The molecular weight excluding hydrogens is 266 g/mol. The van der Waals surface area contributed by atoms with Crippen LogP contribution < -0.4 is 14.2 Å². The van der Waals surface area contributed by atoms with E-state index in [1.165, 1.54) is 20.3 Å². The number of hydrogen-bond donors (Lipinski definition) is 1. The van der Waals surface area contributed by atoms with Crippen LogP contribution in [0.15, 0.2) is 23.1 Å². The first-order chi connectivity index (χ1) is 8.98. The van der Waals surface area contributed by atoms with Gasteiger partial charge in [-0.3, -0.25) is 0 Å². The van der Waals surface area contributed by atoms with Crippen molar-refractivity contribution < 1.29 is 17.9 Å². The molecule has 1 N–H and O–H groups in total. The van der Waals surface area contributed by atoms with Gasteiger partial charge in [0.25, 0.3) is 0 Å². The van der Waals surface area contributed by atoms with Crippen LogP contribution in [0.3, 0.4) is 0 Å². The molecule has 0 amide bonds. The average molecular weight is 287 g/mol. The second-order valence-electron chi connectivity index (χ2n) is 4.15. The van der Waals surface area contributed by atoms with E-state index in [0.717, 1.165) is 12.8 Å². The molecule has 6 heteroatoms. The number of hydrogen-bond acceptors (Lipinski definition) is 4. The second-order valence-corrected chi connectivity index (χ2v) is 5.83. The minimum atomic E-state index is -3.58. The lowest BCUT2D eigenvalue weighted by molar-refractivity contribution is 0.385. The summed E-state index contributed by atoms with van der Waals surface area (Å²) in [5.74, 6) is 0.830. The van der Waals surface area contributed by atoms with Crippen molar-refractivity contribution in [1.29, 1.82) is 0 Å². The van der Waals surface area contributed by atoms with Gasteiger partial charge in [0.15, 0.2) is 0 Å². The van der Waals surface area contributed by atoms with Crippen LogP contribution in [0.25, 0.3) is 0 Å². The molecule has 0 unspecified atom stereocenters. The van der Waals surface area contributed by atoms with E-state index >= 15 is 0 Å². The molecule has 0 bridgehead atoms. The fraction of sp³-hybridized carbons (Fsp3) is 0.538. The van der Waals surface area contributed by atoms with Gasteiger partial charge in [0, 0.05) is 12.1 Å². The molecule has 5 nitrogen and oxygen atoms in total. The number of rotatable bonds is 7. The van der Waals surface area contributed by atoms with Crippen LogP contribution in [0.2, 0.25) is 0 Å². The minimum absolute atomic E-state index is 0.0724. The van der Waals surface area contributed by atoms with Crippen LogP contribution in [-0.2, 0) is 10.0 Å². The number of ether oxygens (including phenoxy) is 2. The van der Waals surface area contributed by atoms with Crippen LogP contribution in [0.4, 0.5) is 0 Å². The lowest BCUT2D eigenvalue weighted by Gasteiger charge is -2.17. The summed E-state index contributed by atoms with van der Waals surface area (Å²) >= 11 is 0. The van der Waals surface area contributed by atoms with Gasteiger partial charge in [-0.05, 0) is 25.0 Å². The SMILES string of the molecule is CCC(CC)NS(=O)(=O)c1ccc(OC)cc1OC. The minimum Gasteiger partial charge on any atom is -0.497 e. The molecule has 0 aliphatic rings. The monoisotopic (exact) mass is 287 g/mol. The van der Waals surface area contributed by atoms with Crippen molar-refractivity contribution in [2.24, 2.45) is 0 Å². The predicted octanol–water partition coefficient (Wildman–Crippen LogP) is 2.17. The predicted molar refractivity (Wildman–Crippen MR) is 74.2 cm³/mol. The summed E-state index contributed by atoms with van der Waals surface area (Å²) in [5, 5.41) is 0. The molecule has 0 saturated heterocycles. The van der Waals surface area contributed by atoms with E-state index in [9.17, 15) is 8.42 Å². The third-order valence-electron chi connectivity index (χ3n) is 2.97. The van der Waals surface area contributed by atoms with Crippen molar-refractivity contribution in [3.8, 4) is 11.5 Å². The highest BCUT2D eigenvalue weighted by Gasteiger charge is 2.22. The van der Waals surface area contributed by atoms with Crippen LogP contribution in [-0.4, -0.2) is 28.7 Å². The average Bonchev–Trinajstić information content (AvgIpc) is 2.43. The summed E-state index contributed by atoms with van der Waals surface area (Å²) in [7, 11) is -0.627. The maximum Gasteiger partial charge on any atom is 0.244 e. The Morgan fingerprint density at radius 2 is 1.79 bits per heavy atom. The molecule has 108 valence electrons. The third kappa shape index (κ3) is 3.84. The van der Waals surface area contributed by atoms with Gasteiger partial charge in [-0.1, -0.05) is 13.8 Å². The van der Waals surface area contributed by atoms with Gasteiger partial charge < -0.3 is 9.47 Å². The Bertz CT molecular complexity index is 509. The number of sulfonamides is 1. The van der Waals surface area contributed by atoms with E-state index in [0.29, 0.717) is 5.75 Å². The Hall–Kier alpha value is -1.27. The lowest BCUT2D eigenvalue weighted by atomic mass is 10.2. The van der Waals surface area contributed by atoms with Crippen molar-refractivity contribution in [3.63, 3.8) is 0 Å². The Labute approximate surface area is 115 Å². The highest BCUT2D eigenvalue weighted by molar-refractivity contribution is 7.89. The highest BCUT2D eigenvalue weighted by atomic mass is 32.2. The maximum atomic E-state index is 12.3. The topological polar surface area (TPSA) is 64.6 Å². The Kier molecular flexibility index (Phi) is 5.62. The zero-order valence-electron chi connectivity index (χ0n) is 11.8. The molecule has 0 aliphatic carbocycles. The van der Waals surface area contributed by atoms with E-state index in [-0.39, 0.29) is 16.7 Å². The van der Waals surface area contributed by atoms with Gasteiger partial charge in [-0.2, -0.15) is 0 Å². The van der Waals surface area contributed by atoms with Crippen molar-refractivity contribution >= 4 is 10.0 Å². The molecule has 0 spiro atoms. The lowest BCUT2D eigenvalue weighted by Crippen LogP contribution is -2.34.